The summed E-state index contributed by atoms with van der Waals surface area (Å²) in [5.74, 6) is 2.25. The van der Waals surface area contributed by atoms with Gasteiger partial charge in [-0.25, -0.2) is 0 Å². The van der Waals surface area contributed by atoms with E-state index < -0.39 is 0 Å². The number of hydrogen-bond acceptors (Lipinski definition) is 5. The molecule has 0 bridgehead atoms. The molecule has 7 nitrogen and oxygen atoms in total. The van der Waals surface area contributed by atoms with Crippen LogP contribution in [-0.4, -0.2) is 59.2 Å². The van der Waals surface area contributed by atoms with Crippen LogP contribution in [0.4, 0.5) is 11.6 Å². The van der Waals surface area contributed by atoms with Gasteiger partial charge in [-0.2, -0.15) is 10.2 Å². The van der Waals surface area contributed by atoms with E-state index in [-0.39, 0.29) is 0 Å². The molecule has 0 spiro atoms. The molecular formula is C28H43N7. The molecule has 7 heteroatoms. The predicted octanol–water partition coefficient (Wildman–Crippen LogP) is 5.59. The molecule has 2 aromatic heterocycles. The number of para-hydroxylation sites is 2. The van der Waals surface area contributed by atoms with Crippen molar-refractivity contribution in [3.63, 3.8) is 0 Å². The smallest absolute Gasteiger partial charge is 0.158 e. The Morgan fingerprint density at radius 3 is 2.00 bits per heavy atom. The Labute approximate surface area is 210 Å². The fourth-order valence-corrected chi connectivity index (χ4v) is 4.60. The van der Waals surface area contributed by atoms with Crippen molar-refractivity contribution in [3.8, 4) is 0 Å². The minimum Gasteiger partial charge on any atom is -0.355 e. The summed E-state index contributed by atoms with van der Waals surface area (Å²) in [5.41, 5.74) is 2.34. The number of piperazine rings is 1. The van der Waals surface area contributed by atoms with Gasteiger partial charge in [0.15, 0.2) is 11.6 Å². The summed E-state index contributed by atoms with van der Waals surface area (Å²) in [5, 5.41) is 18.0. The van der Waals surface area contributed by atoms with Crippen molar-refractivity contribution in [1.29, 1.82) is 0 Å². The third-order valence-electron chi connectivity index (χ3n) is 6.26. The van der Waals surface area contributed by atoms with E-state index in [1.54, 1.807) is 0 Å². The summed E-state index contributed by atoms with van der Waals surface area (Å²) in [6, 6.07) is 16.7. The van der Waals surface area contributed by atoms with Crippen molar-refractivity contribution in [2.45, 2.75) is 47.0 Å². The zero-order chi connectivity index (χ0) is 25.0. The maximum Gasteiger partial charge on any atom is 0.158 e. The molecule has 0 aliphatic carbocycles. The number of anilines is 2. The maximum absolute atomic E-state index is 4.63. The third-order valence-corrected chi connectivity index (χ3v) is 6.26. The van der Waals surface area contributed by atoms with Crippen LogP contribution >= 0.6 is 0 Å². The number of aromatic amines is 1. The Hall–Kier alpha value is -3.06. The van der Waals surface area contributed by atoms with Crippen LogP contribution in [0.2, 0.25) is 0 Å². The first-order valence-corrected chi connectivity index (χ1v) is 13.4. The van der Waals surface area contributed by atoms with Gasteiger partial charge in [0.2, 0.25) is 0 Å². The van der Waals surface area contributed by atoms with Gasteiger partial charge in [-0.1, -0.05) is 52.0 Å². The number of nitrogens with zero attached hydrogens (tertiary/aromatic N) is 5. The first-order valence-electron chi connectivity index (χ1n) is 13.4. The molecular weight excluding hydrogens is 434 g/mol. The SMILES string of the molecule is CC.CC.Cn1nc(N2CCNCC2)c2ccccc21.c1ccc2c(N3CCCCC3)n[nH]c2c1. The van der Waals surface area contributed by atoms with Crippen LogP contribution in [0.15, 0.2) is 48.5 Å². The zero-order valence-electron chi connectivity index (χ0n) is 22.2. The highest BCUT2D eigenvalue weighted by Gasteiger charge is 2.17. The number of hydrogen-bond donors (Lipinski definition) is 2. The van der Waals surface area contributed by atoms with Crippen LogP contribution in [0.25, 0.3) is 21.8 Å². The van der Waals surface area contributed by atoms with E-state index in [4.69, 9.17) is 0 Å². The van der Waals surface area contributed by atoms with Gasteiger partial charge >= 0.3 is 0 Å². The molecule has 2 aliphatic rings. The lowest BCUT2D eigenvalue weighted by Crippen LogP contribution is -2.43. The lowest BCUT2D eigenvalue weighted by molar-refractivity contribution is 0.574. The largest absolute Gasteiger partial charge is 0.355 e. The molecule has 0 atom stereocenters. The van der Waals surface area contributed by atoms with E-state index >= 15 is 0 Å². The number of piperidine rings is 1. The van der Waals surface area contributed by atoms with E-state index in [0.29, 0.717) is 0 Å². The van der Waals surface area contributed by atoms with Crippen molar-refractivity contribution in [2.75, 3.05) is 49.1 Å². The number of fused-ring (bicyclic) bond motifs is 2. The molecule has 2 fully saturated rings. The Morgan fingerprint density at radius 2 is 1.29 bits per heavy atom. The van der Waals surface area contributed by atoms with Crippen LogP contribution < -0.4 is 15.1 Å². The quantitative estimate of drug-likeness (QED) is 0.394. The fourth-order valence-electron chi connectivity index (χ4n) is 4.60. The summed E-state index contributed by atoms with van der Waals surface area (Å²) < 4.78 is 1.96. The molecule has 0 radical (unpaired) electrons. The molecule has 2 N–H and O–H groups in total. The molecule has 4 aromatic rings. The molecule has 4 heterocycles. The normalized spacial score (nSPS) is 15.5. The van der Waals surface area contributed by atoms with E-state index in [9.17, 15) is 0 Å². The highest BCUT2D eigenvalue weighted by atomic mass is 15.4. The molecule has 2 saturated heterocycles. The van der Waals surface area contributed by atoms with Gasteiger partial charge < -0.3 is 15.1 Å². The van der Waals surface area contributed by atoms with Crippen molar-refractivity contribution < 1.29 is 0 Å². The van der Waals surface area contributed by atoms with Crippen molar-refractivity contribution in [2.24, 2.45) is 7.05 Å². The molecule has 0 unspecified atom stereocenters. The van der Waals surface area contributed by atoms with Crippen molar-refractivity contribution >= 4 is 33.4 Å². The average Bonchev–Trinajstić information content (AvgIpc) is 3.54. The number of H-pyrrole nitrogens is 1. The summed E-state index contributed by atoms with van der Waals surface area (Å²) in [4.78, 5) is 4.75. The second-order valence-electron chi connectivity index (χ2n) is 8.34. The highest BCUT2D eigenvalue weighted by molar-refractivity contribution is 5.91. The lowest BCUT2D eigenvalue weighted by atomic mass is 10.1. The number of rotatable bonds is 2. The van der Waals surface area contributed by atoms with Crippen LogP contribution in [0.5, 0.6) is 0 Å². The van der Waals surface area contributed by atoms with Gasteiger partial charge in [-0.05, 0) is 43.5 Å². The van der Waals surface area contributed by atoms with Crippen LogP contribution in [0.3, 0.4) is 0 Å². The van der Waals surface area contributed by atoms with Gasteiger partial charge in [0.25, 0.3) is 0 Å². The first kappa shape index (κ1) is 26.5. The Balaban J connectivity index is 0.000000172. The third kappa shape index (κ3) is 6.34. The molecule has 2 aliphatic heterocycles. The van der Waals surface area contributed by atoms with E-state index in [1.165, 1.54) is 35.6 Å². The Morgan fingerprint density at radius 1 is 0.686 bits per heavy atom. The fraction of sp³-hybridized carbons (Fsp3) is 0.500. The van der Waals surface area contributed by atoms with Crippen LogP contribution in [0, 0.1) is 0 Å². The van der Waals surface area contributed by atoms with Gasteiger partial charge in [0, 0.05) is 57.1 Å². The van der Waals surface area contributed by atoms with Crippen LogP contribution in [0.1, 0.15) is 47.0 Å². The standard InChI is InChI=1S/C12H16N4.C12H15N3.2C2H6/c1-15-11-5-3-2-4-10(11)12(14-15)16-8-6-13-7-9-16;1-4-8-15(9-5-1)12-10-6-2-3-7-11(10)13-14-12;2*1-2/h2-5,13H,6-9H2,1H3;2-3,6-7H,1,4-5,8-9H2,(H,13,14);2*1-2H3. The number of nitrogens with one attached hydrogen (secondary N) is 2. The zero-order valence-corrected chi connectivity index (χ0v) is 22.2. The maximum atomic E-state index is 4.63. The van der Waals surface area contributed by atoms with Gasteiger partial charge in [0.05, 0.1) is 11.0 Å². The number of aromatic nitrogens is 4. The summed E-state index contributed by atoms with van der Waals surface area (Å²) in [7, 11) is 2.01. The van der Waals surface area contributed by atoms with Crippen LogP contribution in [-0.2, 0) is 7.05 Å². The predicted molar refractivity (Wildman–Crippen MR) is 151 cm³/mol. The minimum atomic E-state index is 1.04. The summed E-state index contributed by atoms with van der Waals surface area (Å²) in [6.45, 7) is 14.5. The molecule has 6 rings (SSSR count). The van der Waals surface area contributed by atoms with E-state index in [0.717, 1.165) is 56.4 Å². The second kappa shape index (κ2) is 13.7. The minimum absolute atomic E-state index is 1.04. The molecule has 2 aromatic carbocycles. The first-order chi connectivity index (χ1) is 17.3. The topological polar surface area (TPSA) is 65.0 Å². The van der Waals surface area contributed by atoms with E-state index in [1.807, 2.05) is 45.5 Å². The molecule has 35 heavy (non-hydrogen) atoms. The summed E-state index contributed by atoms with van der Waals surface area (Å²) >= 11 is 0. The van der Waals surface area contributed by atoms with Gasteiger partial charge in [-0.3, -0.25) is 9.78 Å². The average molecular weight is 478 g/mol. The van der Waals surface area contributed by atoms with Gasteiger partial charge in [-0.15, -0.1) is 0 Å². The Bertz CT molecular complexity index is 1130. The second-order valence-corrected chi connectivity index (χ2v) is 8.34. The van der Waals surface area contributed by atoms with Gasteiger partial charge in [0.1, 0.15) is 0 Å². The highest BCUT2D eigenvalue weighted by Crippen LogP contribution is 2.26. The molecule has 190 valence electrons. The van der Waals surface area contributed by atoms with Crippen molar-refractivity contribution in [1.82, 2.24) is 25.3 Å². The van der Waals surface area contributed by atoms with E-state index in [2.05, 4.69) is 72.9 Å². The van der Waals surface area contributed by atoms with Crippen molar-refractivity contribution in [3.05, 3.63) is 48.5 Å². The monoisotopic (exact) mass is 477 g/mol. The lowest BCUT2D eigenvalue weighted by Gasteiger charge is -2.27. The Kier molecular flexibility index (Phi) is 10.4. The summed E-state index contributed by atoms with van der Waals surface area (Å²) in [6.07, 6.45) is 3.95. The molecule has 0 saturated carbocycles. The molecule has 0 amide bonds. The number of aryl methyl sites for hydroxylation is 1. The number of benzene rings is 2.